The second-order valence-corrected chi connectivity index (χ2v) is 10.1. The molecule has 3 aliphatic heterocycles. The van der Waals surface area contributed by atoms with E-state index in [9.17, 15) is 9.18 Å². The summed E-state index contributed by atoms with van der Waals surface area (Å²) in [6.07, 6.45) is 2.56. The van der Waals surface area contributed by atoms with Crippen molar-refractivity contribution in [1.29, 1.82) is 0 Å². The first-order valence-electron chi connectivity index (χ1n) is 13.0. The van der Waals surface area contributed by atoms with Gasteiger partial charge in [-0.15, -0.1) is 0 Å². The molecule has 3 aromatic carbocycles. The van der Waals surface area contributed by atoms with E-state index >= 15 is 0 Å². The number of ether oxygens (including phenoxy) is 2. The number of benzene rings is 3. The summed E-state index contributed by atoms with van der Waals surface area (Å²) in [5.41, 5.74) is 1.97. The maximum atomic E-state index is 14.6. The van der Waals surface area contributed by atoms with Crippen molar-refractivity contribution in [1.82, 2.24) is 10.2 Å². The van der Waals surface area contributed by atoms with E-state index in [0.717, 1.165) is 43.9 Å². The van der Waals surface area contributed by atoms with Crippen LogP contribution in [0.25, 0.3) is 10.8 Å². The lowest BCUT2D eigenvalue weighted by Gasteiger charge is -2.35. The molecule has 0 aliphatic carbocycles. The van der Waals surface area contributed by atoms with Crippen molar-refractivity contribution < 1.29 is 18.7 Å². The summed E-state index contributed by atoms with van der Waals surface area (Å²) in [5.74, 6) is 0.257. The normalized spacial score (nSPS) is 20.2. The highest BCUT2D eigenvalue weighted by atomic mass is 19.1. The zero-order valence-corrected chi connectivity index (χ0v) is 20.4. The summed E-state index contributed by atoms with van der Waals surface area (Å²) >= 11 is 0. The van der Waals surface area contributed by atoms with Crippen LogP contribution in [0.1, 0.15) is 18.4 Å². The van der Waals surface area contributed by atoms with E-state index in [0.29, 0.717) is 31.9 Å². The Morgan fingerprint density at radius 2 is 1.86 bits per heavy atom. The highest BCUT2D eigenvalue weighted by Gasteiger charge is 2.31. The predicted octanol–water partition coefficient (Wildman–Crippen LogP) is 4.01. The van der Waals surface area contributed by atoms with E-state index in [2.05, 4.69) is 51.5 Å². The monoisotopic (exact) mass is 489 g/mol. The molecule has 188 valence electrons. The second kappa shape index (κ2) is 9.97. The number of amides is 1. The molecule has 1 amide bonds. The number of carbonyl (C=O) groups excluding carboxylic acids is 1. The first-order chi connectivity index (χ1) is 17.6. The number of nitrogens with one attached hydrogen (secondary N) is 1. The fourth-order valence-electron chi connectivity index (χ4n) is 5.51. The molecule has 2 fully saturated rings. The third-order valence-corrected chi connectivity index (χ3v) is 7.57. The summed E-state index contributed by atoms with van der Waals surface area (Å²) in [6, 6.07) is 18.1. The molecule has 0 spiro atoms. The van der Waals surface area contributed by atoms with Crippen LogP contribution in [0, 0.1) is 11.7 Å². The smallest absolute Gasteiger partial charge is 0.225 e. The van der Waals surface area contributed by atoms with Crippen molar-refractivity contribution in [2.24, 2.45) is 5.92 Å². The van der Waals surface area contributed by atoms with Gasteiger partial charge >= 0.3 is 0 Å². The Kier molecular flexibility index (Phi) is 6.40. The molecule has 0 radical (unpaired) electrons. The SMILES string of the molecule is O=C(NC(Cc1cc(F)c2c(c1)OCCO2)CN1CCC1)[C@@H]1CCN(c2ccc3ccccc3c2)C1. The third-order valence-electron chi connectivity index (χ3n) is 7.57. The van der Waals surface area contributed by atoms with Gasteiger partial charge in [0.1, 0.15) is 13.2 Å². The highest BCUT2D eigenvalue weighted by Crippen LogP contribution is 2.34. The second-order valence-electron chi connectivity index (χ2n) is 10.1. The summed E-state index contributed by atoms with van der Waals surface area (Å²) in [6.45, 7) is 5.19. The number of fused-ring (bicyclic) bond motifs is 2. The lowest BCUT2D eigenvalue weighted by atomic mass is 10.0. The van der Waals surface area contributed by atoms with E-state index in [1.807, 2.05) is 12.1 Å². The summed E-state index contributed by atoms with van der Waals surface area (Å²) in [4.78, 5) is 18.0. The number of hydrogen-bond donors (Lipinski definition) is 1. The Morgan fingerprint density at radius 3 is 2.69 bits per heavy atom. The largest absolute Gasteiger partial charge is 0.486 e. The molecule has 36 heavy (non-hydrogen) atoms. The van der Waals surface area contributed by atoms with Crippen LogP contribution < -0.4 is 19.7 Å². The van der Waals surface area contributed by atoms with Gasteiger partial charge in [0.25, 0.3) is 0 Å². The van der Waals surface area contributed by atoms with Crippen LogP contribution in [0.4, 0.5) is 10.1 Å². The fraction of sp³-hybridized carbons (Fsp3) is 0.414. The number of likely N-dealkylation sites (tertiary alicyclic amines) is 1. The third kappa shape index (κ3) is 4.85. The van der Waals surface area contributed by atoms with Crippen molar-refractivity contribution in [3.8, 4) is 11.5 Å². The van der Waals surface area contributed by atoms with E-state index in [-0.39, 0.29) is 23.6 Å². The number of hydrogen-bond acceptors (Lipinski definition) is 5. The van der Waals surface area contributed by atoms with Crippen molar-refractivity contribution in [2.45, 2.75) is 25.3 Å². The van der Waals surface area contributed by atoms with Crippen LogP contribution in [-0.4, -0.2) is 62.8 Å². The minimum atomic E-state index is -0.405. The molecule has 2 saturated heterocycles. The zero-order valence-electron chi connectivity index (χ0n) is 20.4. The molecule has 3 aromatic rings. The lowest BCUT2D eigenvalue weighted by Crippen LogP contribution is -2.50. The van der Waals surface area contributed by atoms with Crippen molar-refractivity contribution in [3.05, 3.63) is 66.0 Å². The fourth-order valence-corrected chi connectivity index (χ4v) is 5.51. The van der Waals surface area contributed by atoms with Gasteiger partial charge in [0.2, 0.25) is 5.91 Å². The van der Waals surface area contributed by atoms with Gasteiger partial charge in [-0.05, 0) is 73.0 Å². The van der Waals surface area contributed by atoms with Gasteiger partial charge in [-0.25, -0.2) is 4.39 Å². The number of anilines is 1. The number of nitrogens with zero attached hydrogens (tertiary/aromatic N) is 2. The van der Waals surface area contributed by atoms with Gasteiger partial charge in [0.15, 0.2) is 17.3 Å². The van der Waals surface area contributed by atoms with Crippen LogP contribution in [0.3, 0.4) is 0 Å². The van der Waals surface area contributed by atoms with Gasteiger partial charge < -0.3 is 24.6 Å². The molecule has 6 rings (SSSR count). The van der Waals surface area contributed by atoms with Gasteiger partial charge in [-0.1, -0.05) is 30.3 Å². The molecular formula is C29H32FN3O3. The Hall–Kier alpha value is -3.32. The van der Waals surface area contributed by atoms with Crippen LogP contribution in [0.15, 0.2) is 54.6 Å². The average molecular weight is 490 g/mol. The quantitative estimate of drug-likeness (QED) is 0.544. The topological polar surface area (TPSA) is 54.0 Å². The van der Waals surface area contributed by atoms with Crippen LogP contribution in [-0.2, 0) is 11.2 Å². The molecule has 1 N–H and O–H groups in total. The Balaban J connectivity index is 1.13. The Bertz CT molecular complexity index is 1260. The van der Waals surface area contributed by atoms with Crippen molar-refractivity contribution in [3.63, 3.8) is 0 Å². The summed E-state index contributed by atoms with van der Waals surface area (Å²) in [7, 11) is 0. The first kappa shape index (κ1) is 23.1. The minimum absolute atomic E-state index is 0.0626. The number of carbonyl (C=O) groups is 1. The van der Waals surface area contributed by atoms with Crippen LogP contribution >= 0.6 is 0 Å². The Labute approximate surface area is 211 Å². The van der Waals surface area contributed by atoms with Gasteiger partial charge in [-0.3, -0.25) is 4.79 Å². The minimum Gasteiger partial charge on any atom is -0.486 e. The average Bonchev–Trinajstić information content (AvgIpc) is 3.36. The maximum Gasteiger partial charge on any atom is 0.225 e. The predicted molar refractivity (Wildman–Crippen MR) is 138 cm³/mol. The maximum absolute atomic E-state index is 14.6. The molecule has 1 unspecified atom stereocenters. The standard InChI is InChI=1S/C29H32FN3O3/c30-26-15-20(16-27-28(26)36-13-12-35-27)14-24(19-32-9-3-10-32)31-29(34)23-8-11-33(18-23)25-7-6-21-4-1-2-5-22(21)17-25/h1-2,4-7,15-17,23-24H,3,8-14,18-19H2,(H,31,34)/t23-,24?/m1/s1. The van der Waals surface area contributed by atoms with Gasteiger partial charge in [0.05, 0.1) is 5.92 Å². The van der Waals surface area contributed by atoms with Gasteiger partial charge in [-0.2, -0.15) is 0 Å². The van der Waals surface area contributed by atoms with E-state index in [4.69, 9.17) is 9.47 Å². The van der Waals surface area contributed by atoms with Crippen LogP contribution in [0.5, 0.6) is 11.5 Å². The molecule has 0 bridgehead atoms. The molecule has 7 heteroatoms. The van der Waals surface area contributed by atoms with Crippen LogP contribution in [0.2, 0.25) is 0 Å². The zero-order chi connectivity index (χ0) is 24.5. The van der Waals surface area contributed by atoms with Gasteiger partial charge in [0, 0.05) is 31.4 Å². The highest BCUT2D eigenvalue weighted by molar-refractivity contribution is 5.86. The molecule has 3 aliphatic rings. The van der Waals surface area contributed by atoms with E-state index in [1.54, 1.807) is 0 Å². The molecule has 2 atom stereocenters. The van der Waals surface area contributed by atoms with Crippen molar-refractivity contribution in [2.75, 3.05) is 50.8 Å². The number of rotatable bonds is 7. The van der Waals surface area contributed by atoms with E-state index in [1.165, 1.54) is 23.3 Å². The summed E-state index contributed by atoms with van der Waals surface area (Å²) in [5, 5.41) is 5.74. The molecule has 6 nitrogen and oxygen atoms in total. The molecule has 0 aromatic heterocycles. The van der Waals surface area contributed by atoms with E-state index < -0.39 is 5.82 Å². The van der Waals surface area contributed by atoms with Crippen molar-refractivity contribution >= 4 is 22.4 Å². The molecular weight excluding hydrogens is 457 g/mol. The molecule has 3 heterocycles. The Morgan fingerprint density at radius 1 is 1.03 bits per heavy atom. The lowest BCUT2D eigenvalue weighted by molar-refractivity contribution is -0.125. The molecule has 0 saturated carbocycles. The summed E-state index contributed by atoms with van der Waals surface area (Å²) < 4.78 is 25.7. The number of halogens is 1. The first-order valence-corrected chi connectivity index (χ1v) is 13.0.